The van der Waals surface area contributed by atoms with Crippen molar-refractivity contribution in [2.24, 2.45) is 5.41 Å². The molecule has 2 aliphatic rings. The molecular weight excluding hydrogens is 375 g/mol. The third-order valence-corrected chi connectivity index (χ3v) is 2.90. The fourth-order valence-electron chi connectivity index (χ4n) is 2.12. The Labute approximate surface area is 103 Å². The third-order valence-electron chi connectivity index (χ3n) is 2.90. The molecule has 0 fully saturated rings. The van der Waals surface area contributed by atoms with Crippen LogP contribution >= 0.6 is 0 Å². The van der Waals surface area contributed by atoms with Gasteiger partial charge in [0.25, 0.3) is 0 Å². The van der Waals surface area contributed by atoms with E-state index in [1.54, 1.807) is 0 Å². The van der Waals surface area contributed by atoms with Crippen LogP contribution in [0.15, 0.2) is 23.8 Å². The summed E-state index contributed by atoms with van der Waals surface area (Å²) in [6.45, 7) is 0. The Hall–Kier alpha value is -0.692. The predicted octanol–water partition coefficient (Wildman–Crippen LogP) is 1.39. The van der Waals surface area contributed by atoms with Crippen molar-refractivity contribution in [1.29, 1.82) is 0 Å². The van der Waals surface area contributed by atoms with Crippen LogP contribution in [0.3, 0.4) is 0 Å². The summed E-state index contributed by atoms with van der Waals surface area (Å²) in [5.41, 5.74) is 1.17. The first-order chi connectivity index (χ1) is 6.65. The fraction of sp³-hybridized carbons (Fsp3) is 0.455. The number of ether oxygens (including phenoxy) is 1. The third kappa shape index (κ3) is 2.28. The largest absolute Gasteiger partial charge is 0.463 e. The predicted molar refractivity (Wildman–Crippen MR) is 50.5 cm³/mol. The number of hydrogen-bond acceptors (Lipinski definition) is 3. The van der Waals surface area contributed by atoms with Gasteiger partial charge in [-0.3, -0.25) is 4.79 Å². The molecule has 0 heterocycles. The van der Waals surface area contributed by atoms with Crippen molar-refractivity contribution in [2.75, 3.05) is 7.11 Å². The number of hydrogen-bond donors (Lipinski definition) is 0. The van der Waals surface area contributed by atoms with Gasteiger partial charge in [-0.1, -0.05) is 23.8 Å². The standard InChI is InChI=1S/C11H12O3.Pt/c1-14-10(13)9(12)7-11-4-2-8(6-11)3-5-11;/h2-4H,5-7H2,1H3;. The Morgan fingerprint density at radius 2 is 2.27 bits per heavy atom. The van der Waals surface area contributed by atoms with Gasteiger partial charge in [0, 0.05) is 32.9 Å². The summed E-state index contributed by atoms with van der Waals surface area (Å²) in [7, 11) is 1.24. The van der Waals surface area contributed by atoms with Gasteiger partial charge in [0.15, 0.2) is 0 Å². The fourth-order valence-corrected chi connectivity index (χ4v) is 2.12. The molecule has 0 aromatic rings. The second-order valence-electron chi connectivity index (χ2n) is 3.95. The van der Waals surface area contributed by atoms with Crippen molar-refractivity contribution >= 4 is 11.8 Å². The van der Waals surface area contributed by atoms with Crippen LogP contribution in [-0.2, 0) is 35.4 Å². The molecule has 0 amide bonds. The molecule has 2 aliphatic carbocycles. The van der Waals surface area contributed by atoms with Gasteiger partial charge in [0.05, 0.1) is 7.11 Å². The van der Waals surface area contributed by atoms with Crippen molar-refractivity contribution in [3.63, 3.8) is 0 Å². The first kappa shape index (κ1) is 12.4. The number of rotatable bonds is 3. The number of Topliss-reactive ketones (excluding diaryl/α,β-unsaturated/α-hetero) is 1. The van der Waals surface area contributed by atoms with Crippen LogP contribution in [0.25, 0.3) is 0 Å². The van der Waals surface area contributed by atoms with Crippen LogP contribution in [-0.4, -0.2) is 18.9 Å². The maximum Gasteiger partial charge on any atom is 0.374 e. The van der Waals surface area contributed by atoms with Crippen molar-refractivity contribution in [1.82, 2.24) is 0 Å². The van der Waals surface area contributed by atoms with E-state index in [2.05, 4.69) is 10.8 Å². The quantitative estimate of drug-likeness (QED) is 0.543. The average molecular weight is 387 g/mol. The molecule has 0 aliphatic heterocycles. The summed E-state index contributed by atoms with van der Waals surface area (Å²) in [6.07, 6.45) is 8.26. The molecule has 0 saturated carbocycles. The van der Waals surface area contributed by atoms with E-state index in [0.717, 1.165) is 12.8 Å². The summed E-state index contributed by atoms with van der Waals surface area (Å²) in [5, 5.41) is 0. The zero-order chi connectivity index (χ0) is 10.2. The minimum atomic E-state index is -0.729. The van der Waals surface area contributed by atoms with E-state index in [1.165, 1.54) is 12.7 Å². The zero-order valence-electron chi connectivity index (χ0n) is 8.39. The first-order valence-corrected chi connectivity index (χ1v) is 4.65. The molecule has 0 saturated heterocycles. The molecule has 4 heteroatoms. The molecule has 0 aromatic heterocycles. The Morgan fingerprint density at radius 1 is 1.53 bits per heavy atom. The van der Waals surface area contributed by atoms with E-state index >= 15 is 0 Å². The topological polar surface area (TPSA) is 43.4 Å². The summed E-state index contributed by atoms with van der Waals surface area (Å²) >= 11 is 0. The van der Waals surface area contributed by atoms with Gasteiger partial charge in [-0.05, 0) is 12.8 Å². The molecule has 1 unspecified atom stereocenters. The molecule has 3 nitrogen and oxygen atoms in total. The van der Waals surface area contributed by atoms with E-state index < -0.39 is 11.8 Å². The number of methoxy groups -OCH3 is 1. The van der Waals surface area contributed by atoms with Crippen molar-refractivity contribution in [3.05, 3.63) is 23.8 Å². The molecule has 2 rings (SSSR count). The Balaban J connectivity index is 0.00000112. The molecule has 2 bridgehead atoms. The van der Waals surface area contributed by atoms with E-state index in [-0.39, 0.29) is 32.9 Å². The van der Waals surface area contributed by atoms with Crippen LogP contribution in [0.1, 0.15) is 19.3 Å². The van der Waals surface area contributed by atoms with Crippen molar-refractivity contribution in [2.45, 2.75) is 19.3 Å². The molecule has 84 valence electrons. The van der Waals surface area contributed by atoms with Crippen molar-refractivity contribution in [3.8, 4) is 0 Å². The van der Waals surface area contributed by atoms with Crippen LogP contribution in [0.2, 0.25) is 0 Å². The van der Waals surface area contributed by atoms with Gasteiger partial charge >= 0.3 is 5.97 Å². The molecule has 15 heavy (non-hydrogen) atoms. The second kappa shape index (κ2) is 4.44. The first-order valence-electron chi connectivity index (χ1n) is 4.65. The number of allylic oxidation sites excluding steroid dienone is 4. The monoisotopic (exact) mass is 387 g/mol. The number of ketones is 1. The van der Waals surface area contributed by atoms with Crippen LogP contribution in [0, 0.1) is 5.41 Å². The van der Waals surface area contributed by atoms with Gasteiger partial charge in [0.1, 0.15) is 0 Å². The number of carbonyl (C=O) groups is 2. The number of fused-ring (bicyclic) bond motifs is 2. The smallest absolute Gasteiger partial charge is 0.374 e. The Morgan fingerprint density at radius 3 is 2.67 bits per heavy atom. The van der Waals surface area contributed by atoms with E-state index in [4.69, 9.17) is 0 Å². The van der Waals surface area contributed by atoms with E-state index in [1.807, 2.05) is 12.2 Å². The number of esters is 1. The molecular formula is C11H12O3Pt. The van der Waals surface area contributed by atoms with E-state index in [0.29, 0.717) is 0 Å². The van der Waals surface area contributed by atoms with Crippen LogP contribution < -0.4 is 0 Å². The second-order valence-corrected chi connectivity index (χ2v) is 3.95. The zero-order valence-corrected chi connectivity index (χ0v) is 10.7. The summed E-state index contributed by atoms with van der Waals surface area (Å²) < 4.78 is 4.40. The summed E-state index contributed by atoms with van der Waals surface area (Å²) in [5.74, 6) is -1.15. The molecule has 0 spiro atoms. The summed E-state index contributed by atoms with van der Waals surface area (Å²) in [4.78, 5) is 22.3. The van der Waals surface area contributed by atoms with Gasteiger partial charge in [-0.2, -0.15) is 0 Å². The van der Waals surface area contributed by atoms with E-state index in [9.17, 15) is 9.59 Å². The molecule has 0 N–H and O–H groups in total. The SMILES string of the molecule is COC(=O)C(=O)CC12C=CC(=CC1)C2.[Pt]. The summed E-state index contributed by atoms with van der Waals surface area (Å²) in [6, 6.07) is 0. The maximum absolute atomic E-state index is 11.4. The van der Waals surface area contributed by atoms with Gasteiger partial charge in [0.2, 0.25) is 5.78 Å². The molecule has 0 radical (unpaired) electrons. The molecule has 0 aromatic carbocycles. The van der Waals surface area contributed by atoms with Crippen molar-refractivity contribution < 1.29 is 35.4 Å². The van der Waals surface area contributed by atoms with Gasteiger partial charge < -0.3 is 4.74 Å². The average Bonchev–Trinajstić information content (AvgIpc) is 2.75. The van der Waals surface area contributed by atoms with Crippen LogP contribution in [0.4, 0.5) is 0 Å². The van der Waals surface area contributed by atoms with Gasteiger partial charge in [-0.25, -0.2) is 4.79 Å². The minimum absolute atomic E-state index is 0. The van der Waals surface area contributed by atoms with Gasteiger partial charge in [-0.15, -0.1) is 0 Å². The normalized spacial score (nSPS) is 25.8. The van der Waals surface area contributed by atoms with Crippen LogP contribution in [0.5, 0.6) is 0 Å². The number of carbonyl (C=O) groups excluding carboxylic acids is 2. The Kier molecular flexibility index (Phi) is 3.66. The Bertz CT molecular complexity index is 357. The minimum Gasteiger partial charge on any atom is -0.463 e. The molecule has 1 atom stereocenters. The maximum atomic E-state index is 11.4.